The minimum Gasteiger partial charge on any atom is -0.367 e. The number of hydrogen-bond acceptors (Lipinski definition) is 4. The van der Waals surface area contributed by atoms with Gasteiger partial charge in [0.2, 0.25) is 5.91 Å². The third-order valence-electron chi connectivity index (χ3n) is 9.04. The van der Waals surface area contributed by atoms with Gasteiger partial charge in [-0.15, -0.1) is 0 Å². The maximum atomic E-state index is 14.2. The summed E-state index contributed by atoms with van der Waals surface area (Å²) in [6, 6.07) is 34.1. The first-order valence-electron chi connectivity index (χ1n) is 15.8. The van der Waals surface area contributed by atoms with E-state index in [0.717, 1.165) is 24.1 Å². The summed E-state index contributed by atoms with van der Waals surface area (Å²) in [5, 5.41) is 0.692. The van der Waals surface area contributed by atoms with E-state index in [1.165, 1.54) is 16.7 Å². The number of hydrogen-bond donors (Lipinski definition) is 0. The Morgan fingerprint density at radius 3 is 2.20 bits per heavy atom. The second-order valence-corrected chi connectivity index (χ2v) is 12.4. The number of carbonyl (C=O) groups excluding carboxylic acids is 2. The van der Waals surface area contributed by atoms with Crippen molar-refractivity contribution in [3.63, 3.8) is 0 Å². The van der Waals surface area contributed by atoms with Crippen LogP contribution in [0.3, 0.4) is 0 Å². The Morgan fingerprint density at radius 1 is 0.778 bits per heavy atom. The molecule has 1 radical (unpaired) electrons. The highest BCUT2D eigenvalue weighted by atomic mass is 35.5. The van der Waals surface area contributed by atoms with E-state index in [-0.39, 0.29) is 17.9 Å². The fraction of sp³-hybridized carbons (Fsp3) is 0.289. The van der Waals surface area contributed by atoms with Crippen LogP contribution in [-0.2, 0) is 30.6 Å². The smallest absolute Gasteiger partial charge is 0.255 e. The molecule has 0 aromatic heterocycles. The summed E-state index contributed by atoms with van der Waals surface area (Å²) in [5.41, 5.74) is 6.53. The molecule has 1 fully saturated rings. The summed E-state index contributed by atoms with van der Waals surface area (Å²) in [4.78, 5) is 36.1. The summed E-state index contributed by atoms with van der Waals surface area (Å²) in [6.45, 7) is 6.10. The van der Waals surface area contributed by atoms with Gasteiger partial charge in [0.25, 0.3) is 5.91 Å². The topological polar surface area (TPSA) is 47.1 Å². The Bertz CT molecular complexity index is 1600. The van der Waals surface area contributed by atoms with E-state index in [0.29, 0.717) is 56.3 Å². The Morgan fingerprint density at radius 2 is 1.44 bits per heavy atom. The van der Waals surface area contributed by atoms with Crippen molar-refractivity contribution < 1.29 is 9.59 Å². The molecule has 1 atom stereocenters. The number of piperazine rings is 1. The van der Waals surface area contributed by atoms with Crippen LogP contribution in [0.5, 0.6) is 0 Å². The van der Waals surface area contributed by atoms with E-state index >= 15 is 0 Å². The van der Waals surface area contributed by atoms with Gasteiger partial charge in [-0.05, 0) is 65.8 Å². The number of anilines is 1. The maximum absolute atomic E-state index is 14.2. The van der Waals surface area contributed by atoms with Crippen LogP contribution in [0.2, 0.25) is 5.02 Å². The van der Waals surface area contributed by atoms with Gasteiger partial charge in [-0.3, -0.25) is 14.5 Å². The lowest BCUT2D eigenvalue weighted by Crippen LogP contribution is -2.55. The zero-order valence-electron chi connectivity index (χ0n) is 25.8. The minimum absolute atomic E-state index is 0.0176. The molecule has 0 aliphatic carbocycles. The lowest BCUT2D eigenvalue weighted by Gasteiger charge is -2.41. The van der Waals surface area contributed by atoms with E-state index in [1.807, 2.05) is 78.7 Å². The van der Waals surface area contributed by atoms with Crippen molar-refractivity contribution in [2.24, 2.45) is 0 Å². The Hall–Kier alpha value is -4.13. The summed E-state index contributed by atoms with van der Waals surface area (Å²) in [7, 11) is 1.87. The van der Waals surface area contributed by atoms with Gasteiger partial charge in [0, 0.05) is 63.6 Å². The molecule has 2 heterocycles. The van der Waals surface area contributed by atoms with Crippen molar-refractivity contribution in [1.29, 1.82) is 0 Å². The molecule has 0 saturated carbocycles. The van der Waals surface area contributed by atoms with Crippen LogP contribution in [0, 0.1) is 6.54 Å². The molecule has 2 aliphatic heterocycles. The highest BCUT2D eigenvalue weighted by Crippen LogP contribution is 2.27. The van der Waals surface area contributed by atoms with Gasteiger partial charge < -0.3 is 14.7 Å². The summed E-state index contributed by atoms with van der Waals surface area (Å²) in [5.74, 6) is 0.161. The summed E-state index contributed by atoms with van der Waals surface area (Å²) >= 11 is 6.17. The van der Waals surface area contributed by atoms with Crippen LogP contribution in [0.4, 0.5) is 5.69 Å². The van der Waals surface area contributed by atoms with Gasteiger partial charge >= 0.3 is 0 Å². The van der Waals surface area contributed by atoms with E-state index in [2.05, 4.69) is 52.7 Å². The van der Waals surface area contributed by atoms with Crippen molar-refractivity contribution in [1.82, 2.24) is 14.7 Å². The molecule has 4 aromatic carbocycles. The lowest BCUT2D eigenvalue weighted by atomic mass is 9.95. The predicted molar refractivity (Wildman–Crippen MR) is 181 cm³/mol. The first-order valence-corrected chi connectivity index (χ1v) is 16.2. The number of fused-ring (bicyclic) bond motifs is 1. The number of benzene rings is 4. The Labute approximate surface area is 271 Å². The second kappa shape index (κ2) is 14.3. The summed E-state index contributed by atoms with van der Waals surface area (Å²) in [6.07, 6.45) is 2.24. The molecule has 231 valence electrons. The third kappa shape index (κ3) is 7.41. The van der Waals surface area contributed by atoms with Crippen molar-refractivity contribution >= 4 is 29.1 Å². The van der Waals surface area contributed by atoms with Gasteiger partial charge in [-0.2, -0.15) is 0 Å². The largest absolute Gasteiger partial charge is 0.367 e. The lowest BCUT2D eigenvalue weighted by molar-refractivity contribution is -0.137. The molecule has 45 heavy (non-hydrogen) atoms. The van der Waals surface area contributed by atoms with Gasteiger partial charge in [-0.25, -0.2) is 0 Å². The molecule has 4 aromatic rings. The molecular formula is C38H40ClN4O2. The van der Waals surface area contributed by atoms with Crippen LogP contribution in [0.1, 0.15) is 32.6 Å². The number of amides is 2. The Kier molecular flexibility index (Phi) is 9.82. The van der Waals surface area contributed by atoms with Gasteiger partial charge in [-0.1, -0.05) is 90.5 Å². The number of nitrogens with zero attached hydrogens (tertiary/aromatic N) is 4. The number of likely N-dealkylation sites (N-methyl/N-ethyl adjacent to an activating group) is 1. The molecule has 0 bridgehead atoms. The van der Waals surface area contributed by atoms with Gasteiger partial charge in [0.1, 0.15) is 0 Å². The van der Waals surface area contributed by atoms with Crippen LogP contribution in [-0.4, -0.2) is 72.3 Å². The van der Waals surface area contributed by atoms with E-state index < -0.39 is 0 Å². The second-order valence-electron chi connectivity index (χ2n) is 12.0. The SMILES string of the molecule is CN(CCc1ccccc1)C(=O)c1ccccc1N1CCN(C(=O)[C@@H](Cc2ccc(Cl)cc2)N2[CH]Cc3ccccc3C2)CC1. The van der Waals surface area contributed by atoms with E-state index in [4.69, 9.17) is 11.6 Å². The summed E-state index contributed by atoms with van der Waals surface area (Å²) < 4.78 is 0. The molecule has 0 spiro atoms. The highest BCUT2D eigenvalue weighted by molar-refractivity contribution is 6.30. The van der Waals surface area contributed by atoms with Crippen molar-refractivity contribution in [3.05, 3.63) is 143 Å². The van der Waals surface area contributed by atoms with Crippen LogP contribution < -0.4 is 4.90 Å². The first kappa shape index (κ1) is 30.9. The average Bonchev–Trinajstić information content (AvgIpc) is 3.10. The molecule has 1 saturated heterocycles. The average molecular weight is 620 g/mol. The number of halogens is 1. The molecule has 0 unspecified atom stereocenters. The number of rotatable bonds is 9. The van der Waals surface area contributed by atoms with E-state index in [1.54, 1.807) is 4.90 Å². The van der Waals surface area contributed by atoms with Crippen molar-refractivity contribution in [3.8, 4) is 0 Å². The predicted octanol–water partition coefficient (Wildman–Crippen LogP) is 6.13. The highest BCUT2D eigenvalue weighted by Gasteiger charge is 2.34. The quantitative estimate of drug-likeness (QED) is 0.226. The molecular weight excluding hydrogens is 580 g/mol. The van der Waals surface area contributed by atoms with Gasteiger partial charge in [0.15, 0.2) is 0 Å². The monoisotopic (exact) mass is 619 g/mol. The first-order chi connectivity index (χ1) is 22.0. The Balaban J connectivity index is 1.13. The normalized spacial score (nSPS) is 15.8. The number of para-hydroxylation sites is 1. The maximum Gasteiger partial charge on any atom is 0.255 e. The van der Waals surface area contributed by atoms with Crippen LogP contribution >= 0.6 is 11.6 Å². The molecule has 6 rings (SSSR count). The third-order valence-corrected chi connectivity index (χ3v) is 9.29. The van der Waals surface area contributed by atoms with Gasteiger partial charge in [0.05, 0.1) is 11.6 Å². The van der Waals surface area contributed by atoms with Crippen molar-refractivity contribution in [2.75, 3.05) is 44.7 Å². The molecule has 0 N–H and O–H groups in total. The zero-order chi connectivity index (χ0) is 31.2. The molecule has 6 nitrogen and oxygen atoms in total. The molecule has 2 amide bonds. The minimum atomic E-state index is -0.307. The fourth-order valence-electron chi connectivity index (χ4n) is 6.37. The fourth-order valence-corrected chi connectivity index (χ4v) is 6.50. The molecule has 2 aliphatic rings. The van der Waals surface area contributed by atoms with Crippen molar-refractivity contribution in [2.45, 2.75) is 31.8 Å². The van der Waals surface area contributed by atoms with Crippen LogP contribution in [0.25, 0.3) is 0 Å². The number of carbonyl (C=O) groups is 2. The van der Waals surface area contributed by atoms with Crippen LogP contribution in [0.15, 0.2) is 103 Å². The van der Waals surface area contributed by atoms with E-state index in [9.17, 15) is 9.59 Å². The molecule has 7 heteroatoms. The zero-order valence-corrected chi connectivity index (χ0v) is 26.6. The standard InChI is InChI=1S/C38H40ClN4O2/c1-40(21-19-29-9-3-2-4-10-29)37(44)34-13-7-8-14-35(34)41-23-25-42(26-24-41)38(45)36(27-30-15-17-33(39)18-16-30)43-22-20-31-11-5-6-12-32(31)28-43/h2-18,22,36H,19-21,23-28H2,1H3/t36-/m1/s1.